The fourth-order valence-electron chi connectivity index (χ4n) is 4.90. The van der Waals surface area contributed by atoms with Crippen molar-refractivity contribution in [1.29, 1.82) is 0 Å². The van der Waals surface area contributed by atoms with Crippen LogP contribution in [0.2, 0.25) is 0 Å². The summed E-state index contributed by atoms with van der Waals surface area (Å²) in [4.78, 5) is 17.4. The summed E-state index contributed by atoms with van der Waals surface area (Å²) < 4.78 is 58.8. The first kappa shape index (κ1) is 22.3. The predicted octanol–water partition coefficient (Wildman–Crippen LogP) is 4.62. The molecule has 0 aliphatic carbocycles. The number of piperazine rings is 1. The van der Waals surface area contributed by atoms with Gasteiger partial charge in [0.15, 0.2) is 0 Å². The molecule has 0 spiro atoms. The van der Waals surface area contributed by atoms with E-state index in [0.717, 1.165) is 23.5 Å². The van der Waals surface area contributed by atoms with Crippen molar-refractivity contribution in [2.75, 3.05) is 29.4 Å². The maximum atomic E-state index is 13.4. The number of rotatable bonds is 4. The van der Waals surface area contributed by atoms with Crippen molar-refractivity contribution >= 4 is 17.3 Å². The molecule has 9 heteroatoms. The average molecular weight is 473 g/mol. The fourth-order valence-corrected chi connectivity index (χ4v) is 4.90. The molecule has 0 unspecified atom stereocenters. The van der Waals surface area contributed by atoms with Crippen molar-refractivity contribution < 1.29 is 26.8 Å². The van der Waals surface area contributed by atoms with E-state index in [1.54, 1.807) is 24.3 Å². The molecule has 2 atom stereocenters. The Kier molecular flexibility index (Phi) is 5.71. The molecule has 1 amide bonds. The second kappa shape index (κ2) is 8.70. The molecule has 34 heavy (non-hydrogen) atoms. The number of hydrogen-bond acceptors (Lipinski definition) is 4. The third-order valence-electron chi connectivity index (χ3n) is 6.58. The SMILES string of the molecule is O=C(NCc1ccco1)[C@H]1Cc2cc(C(F)(F)F)ccc2N2CCN(c3ccc(F)cc3)C[C@@H]12. The Hall–Kier alpha value is -3.49. The third-order valence-corrected chi connectivity index (χ3v) is 6.58. The van der Waals surface area contributed by atoms with E-state index in [1.165, 1.54) is 24.5 Å². The van der Waals surface area contributed by atoms with Crippen LogP contribution >= 0.6 is 0 Å². The number of anilines is 2. The van der Waals surface area contributed by atoms with Gasteiger partial charge in [0.2, 0.25) is 5.91 Å². The number of alkyl halides is 3. The van der Waals surface area contributed by atoms with Gasteiger partial charge in [0.05, 0.1) is 30.3 Å². The van der Waals surface area contributed by atoms with Crippen LogP contribution in [0.1, 0.15) is 16.9 Å². The highest BCUT2D eigenvalue weighted by atomic mass is 19.4. The second-order valence-corrected chi connectivity index (χ2v) is 8.63. The number of carbonyl (C=O) groups excluding carboxylic acids is 1. The standard InChI is InChI=1S/C25H23F4N3O2/c26-18-4-6-19(7-5-18)31-9-10-32-22-8-3-17(25(27,28)29)12-16(22)13-21(23(32)15-31)24(33)30-14-20-2-1-11-34-20/h1-8,11-12,21,23H,9-10,13-15H2,(H,30,33)/t21-,23-/m0/s1. The summed E-state index contributed by atoms with van der Waals surface area (Å²) in [5.74, 6) is -0.536. The Morgan fingerprint density at radius 3 is 2.59 bits per heavy atom. The minimum absolute atomic E-state index is 0.196. The molecule has 5 rings (SSSR count). The van der Waals surface area contributed by atoms with Crippen molar-refractivity contribution in [1.82, 2.24) is 5.32 Å². The van der Waals surface area contributed by atoms with Crippen molar-refractivity contribution in [3.05, 3.63) is 83.6 Å². The Labute approximate surface area is 194 Å². The highest BCUT2D eigenvalue weighted by Crippen LogP contribution is 2.40. The number of halogens is 4. The number of nitrogens with zero attached hydrogens (tertiary/aromatic N) is 2. The van der Waals surface area contributed by atoms with E-state index >= 15 is 0 Å². The van der Waals surface area contributed by atoms with Crippen LogP contribution in [0.5, 0.6) is 0 Å². The molecule has 1 aromatic heterocycles. The summed E-state index contributed by atoms with van der Waals surface area (Å²) in [6.07, 6.45) is -2.74. The summed E-state index contributed by atoms with van der Waals surface area (Å²) in [7, 11) is 0. The zero-order chi connectivity index (χ0) is 23.9. The molecule has 5 nitrogen and oxygen atoms in total. The maximum Gasteiger partial charge on any atom is 0.416 e. The number of benzene rings is 2. The zero-order valence-corrected chi connectivity index (χ0v) is 18.2. The highest BCUT2D eigenvalue weighted by Gasteiger charge is 2.42. The van der Waals surface area contributed by atoms with Gasteiger partial charge < -0.3 is 19.5 Å². The van der Waals surface area contributed by atoms with Crippen LogP contribution in [0.4, 0.5) is 28.9 Å². The van der Waals surface area contributed by atoms with Crippen LogP contribution in [0.15, 0.2) is 65.3 Å². The van der Waals surface area contributed by atoms with E-state index in [1.807, 2.05) is 4.90 Å². The van der Waals surface area contributed by atoms with Crippen molar-refractivity contribution in [2.24, 2.45) is 5.92 Å². The lowest BCUT2D eigenvalue weighted by atomic mass is 9.82. The molecule has 1 N–H and O–H groups in total. The van der Waals surface area contributed by atoms with E-state index in [-0.39, 0.29) is 30.7 Å². The first-order valence-corrected chi connectivity index (χ1v) is 11.1. The molecule has 1 fully saturated rings. The molecule has 3 aromatic rings. The van der Waals surface area contributed by atoms with Crippen LogP contribution in [-0.4, -0.2) is 31.6 Å². The van der Waals surface area contributed by atoms with Crippen molar-refractivity contribution in [2.45, 2.75) is 25.2 Å². The van der Waals surface area contributed by atoms with E-state index < -0.39 is 17.7 Å². The van der Waals surface area contributed by atoms with Crippen LogP contribution in [-0.2, 0) is 23.9 Å². The topological polar surface area (TPSA) is 48.7 Å². The largest absolute Gasteiger partial charge is 0.467 e. The minimum Gasteiger partial charge on any atom is -0.467 e. The van der Waals surface area contributed by atoms with Gasteiger partial charge in [-0.2, -0.15) is 13.2 Å². The Bertz CT molecular complexity index is 1160. The first-order chi connectivity index (χ1) is 16.3. The number of furan rings is 1. The Balaban J connectivity index is 1.45. The minimum atomic E-state index is -4.45. The smallest absolute Gasteiger partial charge is 0.416 e. The normalized spacial score (nSPS) is 20.0. The summed E-state index contributed by atoms with van der Waals surface area (Å²) in [6, 6.07) is 13.2. The molecule has 3 heterocycles. The number of nitrogens with one attached hydrogen (secondary N) is 1. The molecular formula is C25H23F4N3O2. The van der Waals surface area contributed by atoms with Gasteiger partial charge >= 0.3 is 6.18 Å². The van der Waals surface area contributed by atoms with Gasteiger partial charge in [0.1, 0.15) is 11.6 Å². The molecular weight excluding hydrogens is 450 g/mol. The molecule has 2 aliphatic rings. The number of carbonyl (C=O) groups is 1. The van der Waals surface area contributed by atoms with Crippen LogP contribution in [0, 0.1) is 11.7 Å². The van der Waals surface area contributed by atoms with Gasteiger partial charge in [-0.25, -0.2) is 4.39 Å². The van der Waals surface area contributed by atoms with E-state index in [4.69, 9.17) is 4.42 Å². The molecule has 0 radical (unpaired) electrons. The van der Waals surface area contributed by atoms with Crippen molar-refractivity contribution in [3.63, 3.8) is 0 Å². The lowest BCUT2D eigenvalue weighted by Gasteiger charge is -2.49. The number of amides is 1. The molecule has 1 saturated heterocycles. The Morgan fingerprint density at radius 2 is 1.88 bits per heavy atom. The van der Waals surface area contributed by atoms with Gasteiger partial charge in [-0.3, -0.25) is 4.79 Å². The Morgan fingerprint density at radius 1 is 1.09 bits per heavy atom. The van der Waals surface area contributed by atoms with Crippen molar-refractivity contribution in [3.8, 4) is 0 Å². The average Bonchev–Trinajstić information content (AvgIpc) is 3.35. The molecule has 0 bridgehead atoms. The summed E-state index contributed by atoms with van der Waals surface area (Å²) in [6.45, 7) is 1.82. The van der Waals surface area contributed by atoms with Crippen LogP contribution in [0.3, 0.4) is 0 Å². The molecule has 0 saturated carbocycles. The number of fused-ring (bicyclic) bond motifs is 3. The summed E-state index contributed by atoms with van der Waals surface area (Å²) in [5, 5.41) is 2.88. The number of hydrogen-bond donors (Lipinski definition) is 1. The van der Waals surface area contributed by atoms with Gasteiger partial charge in [-0.1, -0.05) is 0 Å². The van der Waals surface area contributed by atoms with Gasteiger partial charge in [0.25, 0.3) is 0 Å². The molecule has 2 aromatic carbocycles. The van der Waals surface area contributed by atoms with Gasteiger partial charge in [0, 0.05) is 31.0 Å². The quantitative estimate of drug-likeness (QED) is 0.562. The van der Waals surface area contributed by atoms with Gasteiger partial charge in [-0.05, 0) is 66.6 Å². The molecule has 2 aliphatic heterocycles. The van der Waals surface area contributed by atoms with Crippen LogP contribution < -0.4 is 15.1 Å². The summed E-state index contributed by atoms with van der Waals surface area (Å²) >= 11 is 0. The predicted molar refractivity (Wildman–Crippen MR) is 119 cm³/mol. The van der Waals surface area contributed by atoms with E-state index in [9.17, 15) is 22.4 Å². The lowest BCUT2D eigenvalue weighted by molar-refractivity contribution is -0.137. The maximum absolute atomic E-state index is 13.4. The monoisotopic (exact) mass is 473 g/mol. The lowest BCUT2D eigenvalue weighted by Crippen LogP contribution is -2.61. The molecule has 178 valence electrons. The highest BCUT2D eigenvalue weighted by molar-refractivity contribution is 5.82. The second-order valence-electron chi connectivity index (χ2n) is 8.63. The van der Waals surface area contributed by atoms with Crippen LogP contribution in [0.25, 0.3) is 0 Å². The fraction of sp³-hybridized carbons (Fsp3) is 0.320. The van der Waals surface area contributed by atoms with E-state index in [0.29, 0.717) is 31.0 Å². The zero-order valence-electron chi connectivity index (χ0n) is 18.2. The van der Waals surface area contributed by atoms with E-state index in [2.05, 4.69) is 10.2 Å². The summed E-state index contributed by atoms with van der Waals surface area (Å²) in [5.41, 5.74) is 1.37. The first-order valence-electron chi connectivity index (χ1n) is 11.1. The third kappa shape index (κ3) is 4.34. The van der Waals surface area contributed by atoms with Gasteiger partial charge in [-0.15, -0.1) is 0 Å².